The fraction of sp³-hybridized carbons (Fsp3) is 0.357. The van der Waals surface area contributed by atoms with E-state index in [1.165, 1.54) is 12.0 Å². The van der Waals surface area contributed by atoms with Crippen molar-refractivity contribution in [2.24, 2.45) is 0 Å². The summed E-state index contributed by atoms with van der Waals surface area (Å²) in [5.74, 6) is -0.514. The minimum Gasteiger partial charge on any atom is -0.495 e. The molecular formula is C14H17N3O4. The average Bonchev–Trinajstić information content (AvgIpc) is 2.43. The van der Waals surface area contributed by atoms with Crippen LogP contribution < -0.4 is 15.4 Å². The lowest BCUT2D eigenvalue weighted by atomic mass is 9.99. The van der Waals surface area contributed by atoms with Gasteiger partial charge in [-0.2, -0.15) is 0 Å². The van der Waals surface area contributed by atoms with Crippen molar-refractivity contribution in [3.63, 3.8) is 0 Å². The first-order valence-corrected chi connectivity index (χ1v) is 6.42. The Labute approximate surface area is 122 Å². The lowest BCUT2D eigenvalue weighted by Gasteiger charge is -2.39. The third-order valence-electron chi connectivity index (χ3n) is 3.38. The maximum Gasteiger partial charge on any atom is 0.323 e. The van der Waals surface area contributed by atoms with Gasteiger partial charge < -0.3 is 15.0 Å². The molecule has 2 rings (SSSR count). The van der Waals surface area contributed by atoms with Gasteiger partial charge in [0.05, 0.1) is 12.8 Å². The van der Waals surface area contributed by atoms with Crippen LogP contribution in [0.4, 0.5) is 10.5 Å². The molecule has 1 aromatic carbocycles. The Hall–Kier alpha value is -2.57. The zero-order valence-electron chi connectivity index (χ0n) is 12.1. The number of carbonyl (C=O) groups is 3. The van der Waals surface area contributed by atoms with E-state index in [-0.39, 0.29) is 6.54 Å². The molecule has 1 heterocycles. The smallest absolute Gasteiger partial charge is 0.323 e. The number of amides is 4. The Balaban J connectivity index is 2.23. The quantitative estimate of drug-likeness (QED) is 0.795. The van der Waals surface area contributed by atoms with E-state index >= 15 is 0 Å². The Bertz CT molecular complexity index is 598. The van der Waals surface area contributed by atoms with Crippen LogP contribution in [0.5, 0.6) is 5.75 Å². The van der Waals surface area contributed by atoms with Gasteiger partial charge in [0.1, 0.15) is 17.8 Å². The first-order valence-electron chi connectivity index (χ1n) is 6.42. The molecule has 1 aliphatic rings. The molecule has 4 amide bonds. The first kappa shape index (κ1) is 14.8. The van der Waals surface area contributed by atoms with Crippen molar-refractivity contribution in [1.82, 2.24) is 10.2 Å². The Morgan fingerprint density at radius 3 is 2.67 bits per heavy atom. The van der Waals surface area contributed by atoms with Crippen LogP contribution in [0.25, 0.3) is 0 Å². The Morgan fingerprint density at radius 2 is 2.00 bits per heavy atom. The van der Waals surface area contributed by atoms with E-state index < -0.39 is 23.4 Å². The monoisotopic (exact) mass is 291 g/mol. The summed E-state index contributed by atoms with van der Waals surface area (Å²) in [4.78, 5) is 36.9. The molecule has 0 aliphatic carbocycles. The molecule has 0 aromatic heterocycles. The Morgan fingerprint density at radius 1 is 1.33 bits per heavy atom. The van der Waals surface area contributed by atoms with Crippen LogP contribution in [0.15, 0.2) is 24.3 Å². The highest BCUT2D eigenvalue weighted by Crippen LogP contribution is 2.25. The molecule has 1 saturated heterocycles. The van der Waals surface area contributed by atoms with Gasteiger partial charge in [0, 0.05) is 0 Å². The normalized spacial score (nSPS) is 17.2. The van der Waals surface area contributed by atoms with Gasteiger partial charge in [-0.1, -0.05) is 12.1 Å². The van der Waals surface area contributed by atoms with Gasteiger partial charge >= 0.3 is 6.03 Å². The molecule has 112 valence electrons. The van der Waals surface area contributed by atoms with Crippen molar-refractivity contribution in [3.8, 4) is 5.75 Å². The first-order chi connectivity index (χ1) is 9.86. The van der Waals surface area contributed by atoms with Crippen molar-refractivity contribution in [2.45, 2.75) is 19.4 Å². The summed E-state index contributed by atoms with van der Waals surface area (Å²) in [5, 5.41) is 4.87. The van der Waals surface area contributed by atoms with Crippen molar-refractivity contribution >= 4 is 23.5 Å². The van der Waals surface area contributed by atoms with Gasteiger partial charge in [0.25, 0.3) is 5.91 Å². The summed E-state index contributed by atoms with van der Waals surface area (Å²) in [7, 11) is 1.49. The maximum atomic E-state index is 12.4. The number of piperazine rings is 1. The molecule has 0 unspecified atom stereocenters. The summed E-state index contributed by atoms with van der Waals surface area (Å²) < 4.78 is 5.15. The van der Waals surface area contributed by atoms with Crippen LogP contribution in [-0.4, -0.2) is 41.9 Å². The van der Waals surface area contributed by atoms with E-state index in [2.05, 4.69) is 10.6 Å². The maximum absolute atomic E-state index is 12.4. The third kappa shape index (κ3) is 2.81. The number of anilines is 1. The summed E-state index contributed by atoms with van der Waals surface area (Å²) in [6, 6.07) is 6.37. The molecule has 1 aliphatic heterocycles. The Kier molecular flexibility index (Phi) is 3.84. The van der Waals surface area contributed by atoms with E-state index in [0.717, 1.165) is 0 Å². The molecule has 0 atom stereocenters. The van der Waals surface area contributed by atoms with Gasteiger partial charge in [-0.3, -0.25) is 14.9 Å². The standard InChI is InChI=1S/C14H17N3O4/c1-14(2)12(19)16-11(18)8-17(14)13(20)15-9-6-4-5-7-10(9)21-3/h4-7H,8H2,1-3H3,(H,15,20)(H,16,18,19). The molecular weight excluding hydrogens is 274 g/mol. The molecule has 7 nitrogen and oxygen atoms in total. The number of hydrogen-bond donors (Lipinski definition) is 2. The number of urea groups is 1. The number of carbonyl (C=O) groups excluding carboxylic acids is 3. The highest BCUT2D eigenvalue weighted by atomic mass is 16.5. The molecule has 0 bridgehead atoms. The lowest BCUT2D eigenvalue weighted by Crippen LogP contribution is -2.66. The van der Waals surface area contributed by atoms with Crippen LogP contribution in [-0.2, 0) is 9.59 Å². The van der Waals surface area contributed by atoms with Gasteiger partial charge in [0.15, 0.2) is 0 Å². The fourth-order valence-corrected chi connectivity index (χ4v) is 2.04. The number of hydrogen-bond acceptors (Lipinski definition) is 4. The van der Waals surface area contributed by atoms with Crippen LogP contribution in [0, 0.1) is 0 Å². The zero-order chi connectivity index (χ0) is 15.6. The van der Waals surface area contributed by atoms with E-state index in [4.69, 9.17) is 4.74 Å². The largest absolute Gasteiger partial charge is 0.495 e. The molecule has 7 heteroatoms. The minimum absolute atomic E-state index is 0.181. The predicted octanol–water partition coefficient (Wildman–Crippen LogP) is 0.964. The van der Waals surface area contributed by atoms with E-state index in [1.807, 2.05) is 0 Å². The van der Waals surface area contributed by atoms with Crippen molar-refractivity contribution in [3.05, 3.63) is 24.3 Å². The topological polar surface area (TPSA) is 87.7 Å². The van der Waals surface area contributed by atoms with Crippen LogP contribution in [0.2, 0.25) is 0 Å². The molecule has 21 heavy (non-hydrogen) atoms. The van der Waals surface area contributed by atoms with Gasteiger partial charge in [-0.05, 0) is 26.0 Å². The summed E-state index contributed by atoms with van der Waals surface area (Å²) in [5.41, 5.74) is -0.640. The van der Waals surface area contributed by atoms with E-state index in [0.29, 0.717) is 11.4 Å². The third-order valence-corrected chi connectivity index (χ3v) is 3.38. The van der Waals surface area contributed by atoms with Crippen LogP contribution in [0.1, 0.15) is 13.8 Å². The number of imide groups is 1. The van der Waals surface area contributed by atoms with Crippen LogP contribution >= 0.6 is 0 Å². The number of nitrogens with one attached hydrogen (secondary N) is 2. The second-order valence-corrected chi connectivity index (χ2v) is 5.15. The summed E-state index contributed by atoms with van der Waals surface area (Å²) in [6.07, 6.45) is 0. The van der Waals surface area contributed by atoms with Crippen molar-refractivity contribution in [1.29, 1.82) is 0 Å². The van der Waals surface area contributed by atoms with Gasteiger partial charge in [-0.25, -0.2) is 4.79 Å². The van der Waals surface area contributed by atoms with E-state index in [1.54, 1.807) is 38.1 Å². The SMILES string of the molecule is COc1ccccc1NC(=O)N1CC(=O)NC(=O)C1(C)C. The lowest BCUT2D eigenvalue weighted by molar-refractivity contribution is -0.142. The number of ether oxygens (including phenoxy) is 1. The average molecular weight is 291 g/mol. The highest BCUT2D eigenvalue weighted by molar-refractivity contribution is 6.07. The van der Waals surface area contributed by atoms with Crippen molar-refractivity contribution < 1.29 is 19.1 Å². The zero-order valence-corrected chi connectivity index (χ0v) is 12.1. The molecule has 0 radical (unpaired) electrons. The number of benzene rings is 1. The number of rotatable bonds is 2. The number of nitrogens with zero attached hydrogens (tertiary/aromatic N) is 1. The van der Waals surface area contributed by atoms with Gasteiger partial charge in [0.2, 0.25) is 5.91 Å². The number of methoxy groups -OCH3 is 1. The molecule has 2 N–H and O–H groups in total. The van der Waals surface area contributed by atoms with Crippen molar-refractivity contribution in [2.75, 3.05) is 19.0 Å². The summed E-state index contributed by atoms with van der Waals surface area (Å²) in [6.45, 7) is 2.98. The van der Waals surface area contributed by atoms with E-state index in [9.17, 15) is 14.4 Å². The second kappa shape index (κ2) is 5.43. The number of para-hydroxylation sites is 2. The summed E-state index contributed by atoms with van der Waals surface area (Å²) >= 11 is 0. The van der Waals surface area contributed by atoms with Crippen LogP contribution in [0.3, 0.4) is 0 Å². The fourth-order valence-electron chi connectivity index (χ4n) is 2.04. The van der Waals surface area contributed by atoms with Gasteiger partial charge in [-0.15, -0.1) is 0 Å². The predicted molar refractivity (Wildman–Crippen MR) is 75.9 cm³/mol. The highest BCUT2D eigenvalue weighted by Gasteiger charge is 2.43. The molecule has 1 aromatic rings. The molecule has 1 fully saturated rings. The second-order valence-electron chi connectivity index (χ2n) is 5.15. The minimum atomic E-state index is -1.11. The molecule has 0 saturated carbocycles. The molecule has 0 spiro atoms.